The standard InChI is InChI=1S/C24H17F7N2O3S/c25-18-6-9-20(10-7-18)37(35,36)14-22(34,16-2-4-17(5-3-16)23(26,27)28)13-33-19-8-1-15(12-32)21(11-19)24(29,30)31/h1-11,33-34H,13-14H2. The third kappa shape index (κ3) is 6.58. The second-order valence-electron chi connectivity index (χ2n) is 8.04. The minimum absolute atomic E-state index is 0.240. The molecule has 0 radical (unpaired) electrons. The minimum Gasteiger partial charge on any atom is -0.382 e. The molecule has 0 aliphatic carbocycles. The molecule has 0 aliphatic heterocycles. The number of benzene rings is 3. The average Bonchev–Trinajstić information content (AvgIpc) is 2.81. The molecule has 1 atom stereocenters. The number of nitrogens with one attached hydrogen (secondary N) is 1. The summed E-state index contributed by atoms with van der Waals surface area (Å²) in [5.74, 6) is -1.84. The van der Waals surface area contributed by atoms with Crippen molar-refractivity contribution in [3.8, 4) is 6.07 Å². The number of halogens is 7. The number of nitrogens with zero attached hydrogens (tertiary/aromatic N) is 1. The van der Waals surface area contributed by atoms with Gasteiger partial charge in [0.25, 0.3) is 0 Å². The lowest BCUT2D eigenvalue weighted by Crippen LogP contribution is -2.41. The summed E-state index contributed by atoms with van der Waals surface area (Å²) in [6.45, 7) is -0.748. The van der Waals surface area contributed by atoms with Crippen molar-refractivity contribution >= 4 is 15.5 Å². The highest BCUT2D eigenvalue weighted by Crippen LogP contribution is 2.35. The third-order valence-corrected chi connectivity index (χ3v) is 7.23. The van der Waals surface area contributed by atoms with E-state index < -0.39 is 67.5 Å². The molecule has 196 valence electrons. The summed E-state index contributed by atoms with van der Waals surface area (Å²) in [5, 5.41) is 22.7. The number of hydrogen-bond acceptors (Lipinski definition) is 5. The molecule has 0 saturated carbocycles. The topological polar surface area (TPSA) is 90.2 Å². The van der Waals surface area contributed by atoms with Gasteiger partial charge in [0, 0.05) is 12.2 Å². The van der Waals surface area contributed by atoms with Crippen molar-refractivity contribution in [1.82, 2.24) is 0 Å². The molecule has 0 aromatic heterocycles. The number of hydrogen-bond donors (Lipinski definition) is 2. The van der Waals surface area contributed by atoms with Gasteiger partial charge in [-0.25, -0.2) is 12.8 Å². The maximum atomic E-state index is 13.3. The predicted octanol–water partition coefficient (Wildman–Crippen LogP) is 5.51. The van der Waals surface area contributed by atoms with E-state index in [0.717, 1.165) is 48.5 Å². The van der Waals surface area contributed by atoms with E-state index in [-0.39, 0.29) is 11.3 Å². The Morgan fingerprint density at radius 2 is 1.41 bits per heavy atom. The summed E-state index contributed by atoms with van der Waals surface area (Å²) >= 11 is 0. The van der Waals surface area contributed by atoms with Gasteiger partial charge in [0.2, 0.25) is 0 Å². The van der Waals surface area contributed by atoms with Crippen LogP contribution in [0.15, 0.2) is 71.6 Å². The zero-order chi connectivity index (χ0) is 27.6. The Hall–Kier alpha value is -3.63. The van der Waals surface area contributed by atoms with Crippen LogP contribution in [0.1, 0.15) is 22.3 Å². The van der Waals surface area contributed by atoms with Crippen LogP contribution in [0.5, 0.6) is 0 Å². The van der Waals surface area contributed by atoms with Gasteiger partial charge in [-0.05, 0) is 60.2 Å². The summed E-state index contributed by atoms with van der Waals surface area (Å²) < 4.78 is 118. The molecule has 13 heteroatoms. The number of rotatable bonds is 7. The van der Waals surface area contributed by atoms with E-state index in [4.69, 9.17) is 5.26 Å². The van der Waals surface area contributed by atoms with E-state index in [9.17, 15) is 44.3 Å². The van der Waals surface area contributed by atoms with Gasteiger partial charge in [0.1, 0.15) is 11.4 Å². The highest BCUT2D eigenvalue weighted by molar-refractivity contribution is 7.91. The molecule has 3 rings (SSSR count). The molecular weight excluding hydrogens is 529 g/mol. The average molecular weight is 546 g/mol. The van der Waals surface area contributed by atoms with Gasteiger partial charge in [0.15, 0.2) is 9.84 Å². The van der Waals surface area contributed by atoms with Crippen LogP contribution in [0, 0.1) is 17.1 Å². The molecule has 3 aromatic rings. The second kappa shape index (κ2) is 10.0. The lowest BCUT2D eigenvalue weighted by molar-refractivity contribution is -0.138. The minimum atomic E-state index is -4.89. The maximum Gasteiger partial charge on any atom is 0.417 e. The number of nitriles is 1. The Bertz CT molecular complexity index is 1410. The van der Waals surface area contributed by atoms with Gasteiger partial charge in [-0.15, -0.1) is 0 Å². The van der Waals surface area contributed by atoms with Crippen molar-refractivity contribution in [3.63, 3.8) is 0 Å². The molecule has 0 saturated heterocycles. The Morgan fingerprint density at radius 3 is 1.92 bits per heavy atom. The van der Waals surface area contributed by atoms with Crippen LogP contribution in [0.3, 0.4) is 0 Å². The molecule has 37 heavy (non-hydrogen) atoms. The lowest BCUT2D eigenvalue weighted by Gasteiger charge is -2.30. The quantitative estimate of drug-likeness (QED) is 0.302. The fourth-order valence-electron chi connectivity index (χ4n) is 3.48. The highest BCUT2D eigenvalue weighted by Gasteiger charge is 2.38. The number of aliphatic hydroxyl groups is 1. The largest absolute Gasteiger partial charge is 0.417 e. The molecule has 0 fully saturated rings. The van der Waals surface area contributed by atoms with Crippen LogP contribution in [0.2, 0.25) is 0 Å². The Morgan fingerprint density at radius 1 is 0.838 bits per heavy atom. The molecule has 1 unspecified atom stereocenters. The van der Waals surface area contributed by atoms with Crippen molar-refractivity contribution in [2.75, 3.05) is 17.6 Å². The Labute approximate surface area is 206 Å². The maximum absolute atomic E-state index is 13.3. The molecule has 0 heterocycles. The molecule has 5 nitrogen and oxygen atoms in total. The first-order chi connectivity index (χ1) is 17.0. The van der Waals surface area contributed by atoms with Gasteiger partial charge in [-0.3, -0.25) is 0 Å². The zero-order valence-corrected chi connectivity index (χ0v) is 19.3. The molecule has 0 amide bonds. The number of sulfone groups is 1. The van der Waals surface area contributed by atoms with Crippen LogP contribution in [0.4, 0.5) is 36.4 Å². The van der Waals surface area contributed by atoms with Crippen molar-refractivity contribution in [2.24, 2.45) is 0 Å². The van der Waals surface area contributed by atoms with E-state index >= 15 is 0 Å². The van der Waals surface area contributed by atoms with E-state index in [1.807, 2.05) is 0 Å². The molecule has 0 bridgehead atoms. The SMILES string of the molecule is N#Cc1ccc(NCC(O)(CS(=O)(=O)c2ccc(F)cc2)c2ccc(C(F)(F)F)cc2)cc1C(F)(F)F. The third-order valence-electron chi connectivity index (χ3n) is 5.38. The first-order valence-corrected chi connectivity index (χ1v) is 11.9. The predicted molar refractivity (Wildman–Crippen MR) is 118 cm³/mol. The van der Waals surface area contributed by atoms with E-state index in [1.165, 1.54) is 6.07 Å². The van der Waals surface area contributed by atoms with E-state index in [0.29, 0.717) is 18.2 Å². The van der Waals surface area contributed by atoms with Crippen LogP contribution < -0.4 is 5.32 Å². The summed E-state index contributed by atoms with van der Waals surface area (Å²) in [6, 6.07) is 10.5. The van der Waals surface area contributed by atoms with Crippen LogP contribution in [0.25, 0.3) is 0 Å². The van der Waals surface area contributed by atoms with Crippen LogP contribution in [-0.4, -0.2) is 25.8 Å². The molecular formula is C24H17F7N2O3S. The fourth-order valence-corrected chi connectivity index (χ4v) is 5.09. The smallest absolute Gasteiger partial charge is 0.382 e. The Balaban J connectivity index is 2.01. The summed E-state index contributed by atoms with van der Waals surface area (Å²) in [7, 11) is -4.37. The molecule has 3 aromatic carbocycles. The summed E-state index contributed by atoms with van der Waals surface area (Å²) in [5.41, 5.74) is -5.98. The lowest BCUT2D eigenvalue weighted by atomic mass is 9.94. The second-order valence-corrected chi connectivity index (χ2v) is 10.0. The molecule has 0 spiro atoms. The first kappa shape index (κ1) is 27.9. The highest BCUT2D eigenvalue weighted by atomic mass is 32.2. The molecule has 2 N–H and O–H groups in total. The van der Waals surface area contributed by atoms with Gasteiger partial charge < -0.3 is 10.4 Å². The van der Waals surface area contributed by atoms with Crippen LogP contribution in [-0.2, 0) is 27.8 Å². The van der Waals surface area contributed by atoms with E-state index in [1.54, 1.807) is 0 Å². The van der Waals surface area contributed by atoms with Gasteiger partial charge in [0.05, 0.1) is 33.4 Å². The monoisotopic (exact) mass is 546 g/mol. The number of alkyl halides is 6. The van der Waals surface area contributed by atoms with Crippen molar-refractivity contribution in [1.29, 1.82) is 5.26 Å². The van der Waals surface area contributed by atoms with Crippen molar-refractivity contribution in [3.05, 3.63) is 94.8 Å². The van der Waals surface area contributed by atoms with Crippen molar-refractivity contribution in [2.45, 2.75) is 22.8 Å². The fraction of sp³-hybridized carbons (Fsp3) is 0.208. The summed E-state index contributed by atoms with van der Waals surface area (Å²) in [6.07, 6.45) is -9.61. The van der Waals surface area contributed by atoms with E-state index in [2.05, 4.69) is 5.32 Å². The van der Waals surface area contributed by atoms with Gasteiger partial charge in [-0.2, -0.15) is 31.6 Å². The first-order valence-electron chi connectivity index (χ1n) is 10.3. The molecule has 0 aliphatic rings. The van der Waals surface area contributed by atoms with Crippen molar-refractivity contribution < 1.29 is 44.3 Å². The zero-order valence-electron chi connectivity index (χ0n) is 18.5. The van der Waals surface area contributed by atoms with Gasteiger partial charge >= 0.3 is 12.4 Å². The van der Waals surface area contributed by atoms with Gasteiger partial charge in [-0.1, -0.05) is 12.1 Å². The summed E-state index contributed by atoms with van der Waals surface area (Å²) in [4.78, 5) is -0.392. The normalized spacial score (nSPS) is 14.0. The van der Waals surface area contributed by atoms with Crippen LogP contribution >= 0.6 is 0 Å². The number of anilines is 1. The Kier molecular flexibility index (Phi) is 7.57.